The van der Waals surface area contributed by atoms with Gasteiger partial charge in [-0.05, 0) is 24.8 Å². The molecule has 0 saturated carbocycles. The van der Waals surface area contributed by atoms with E-state index in [2.05, 4.69) is 46.7 Å². The SMILES string of the molecule is C[C@@H]1CN(Cc2ccccc2)C[C@@H]1NC(=O)N[C@@H]1CCO[C@@H]1C. The number of carbonyl (C=O) groups is 1. The van der Waals surface area contributed by atoms with Crippen molar-refractivity contribution in [1.82, 2.24) is 15.5 Å². The van der Waals surface area contributed by atoms with Crippen LogP contribution in [0.25, 0.3) is 0 Å². The minimum Gasteiger partial charge on any atom is -0.376 e. The van der Waals surface area contributed by atoms with Crippen LogP contribution in [-0.2, 0) is 11.3 Å². The van der Waals surface area contributed by atoms with E-state index in [1.54, 1.807) is 0 Å². The molecule has 1 aromatic rings. The van der Waals surface area contributed by atoms with Gasteiger partial charge in [0.05, 0.1) is 12.1 Å². The predicted molar refractivity (Wildman–Crippen MR) is 90.2 cm³/mol. The number of hydrogen-bond acceptors (Lipinski definition) is 3. The molecule has 2 saturated heterocycles. The molecule has 5 nitrogen and oxygen atoms in total. The molecule has 126 valence electrons. The van der Waals surface area contributed by atoms with Crippen LogP contribution in [0.3, 0.4) is 0 Å². The predicted octanol–water partition coefficient (Wildman–Crippen LogP) is 1.98. The van der Waals surface area contributed by atoms with Crippen LogP contribution in [0.4, 0.5) is 4.79 Å². The van der Waals surface area contributed by atoms with E-state index in [-0.39, 0.29) is 24.2 Å². The standard InChI is InChI=1S/C18H27N3O2/c1-13-10-21(11-15-6-4-3-5-7-15)12-17(13)20-18(22)19-16-8-9-23-14(16)2/h3-7,13-14,16-17H,8-12H2,1-2H3,(H2,19,20,22)/t13-,14-,16-,17+/m1/s1. The van der Waals surface area contributed by atoms with Gasteiger partial charge in [0.25, 0.3) is 0 Å². The molecule has 0 unspecified atom stereocenters. The molecule has 2 heterocycles. The summed E-state index contributed by atoms with van der Waals surface area (Å²) in [4.78, 5) is 14.6. The summed E-state index contributed by atoms with van der Waals surface area (Å²) < 4.78 is 5.49. The monoisotopic (exact) mass is 317 g/mol. The van der Waals surface area contributed by atoms with Crippen molar-refractivity contribution in [1.29, 1.82) is 0 Å². The highest BCUT2D eigenvalue weighted by atomic mass is 16.5. The first kappa shape index (κ1) is 16.3. The van der Waals surface area contributed by atoms with Crippen LogP contribution in [0.1, 0.15) is 25.8 Å². The molecule has 2 fully saturated rings. The summed E-state index contributed by atoms with van der Waals surface area (Å²) >= 11 is 0. The number of benzene rings is 1. The first-order chi connectivity index (χ1) is 11.1. The molecule has 4 atom stereocenters. The van der Waals surface area contributed by atoms with Crippen LogP contribution >= 0.6 is 0 Å². The fourth-order valence-corrected chi connectivity index (χ4v) is 3.53. The zero-order valence-corrected chi connectivity index (χ0v) is 14.0. The van der Waals surface area contributed by atoms with E-state index in [0.29, 0.717) is 5.92 Å². The summed E-state index contributed by atoms with van der Waals surface area (Å²) in [5.74, 6) is 0.460. The van der Waals surface area contributed by atoms with Crippen molar-refractivity contribution in [2.45, 2.75) is 45.0 Å². The van der Waals surface area contributed by atoms with Crippen molar-refractivity contribution in [2.75, 3.05) is 19.7 Å². The number of nitrogens with zero attached hydrogens (tertiary/aromatic N) is 1. The second-order valence-corrected chi connectivity index (χ2v) is 6.85. The zero-order valence-electron chi connectivity index (χ0n) is 14.0. The Morgan fingerprint density at radius 1 is 1.17 bits per heavy atom. The van der Waals surface area contributed by atoms with Crippen LogP contribution in [0.2, 0.25) is 0 Å². The number of likely N-dealkylation sites (tertiary alicyclic amines) is 1. The summed E-state index contributed by atoms with van der Waals surface area (Å²) in [6.45, 7) is 7.81. The Morgan fingerprint density at radius 3 is 2.61 bits per heavy atom. The van der Waals surface area contributed by atoms with Gasteiger partial charge in [-0.25, -0.2) is 4.79 Å². The largest absolute Gasteiger partial charge is 0.376 e. The molecule has 0 aliphatic carbocycles. The number of rotatable bonds is 4. The lowest BCUT2D eigenvalue weighted by atomic mass is 10.1. The first-order valence-corrected chi connectivity index (χ1v) is 8.56. The lowest BCUT2D eigenvalue weighted by Crippen LogP contribution is -2.50. The topological polar surface area (TPSA) is 53.6 Å². The highest BCUT2D eigenvalue weighted by Gasteiger charge is 2.32. The third-order valence-corrected chi connectivity index (χ3v) is 4.95. The van der Waals surface area contributed by atoms with Gasteiger partial charge in [0, 0.05) is 32.3 Å². The summed E-state index contributed by atoms with van der Waals surface area (Å²) in [5, 5.41) is 6.19. The second-order valence-electron chi connectivity index (χ2n) is 6.85. The van der Waals surface area contributed by atoms with E-state index in [9.17, 15) is 4.79 Å². The fraction of sp³-hybridized carbons (Fsp3) is 0.611. The molecule has 2 N–H and O–H groups in total. The maximum atomic E-state index is 12.2. The van der Waals surface area contributed by atoms with Gasteiger partial charge in [0.2, 0.25) is 0 Å². The minimum atomic E-state index is -0.0641. The smallest absolute Gasteiger partial charge is 0.315 e. The van der Waals surface area contributed by atoms with E-state index >= 15 is 0 Å². The Morgan fingerprint density at radius 2 is 1.91 bits per heavy atom. The zero-order chi connectivity index (χ0) is 16.2. The number of hydrogen-bond donors (Lipinski definition) is 2. The molecular formula is C18H27N3O2. The van der Waals surface area contributed by atoms with Crippen LogP contribution < -0.4 is 10.6 Å². The number of nitrogens with one attached hydrogen (secondary N) is 2. The number of urea groups is 1. The number of ether oxygens (including phenoxy) is 1. The molecule has 0 radical (unpaired) electrons. The summed E-state index contributed by atoms with van der Waals surface area (Å²) in [6, 6.07) is 10.8. The lowest BCUT2D eigenvalue weighted by Gasteiger charge is -2.21. The fourth-order valence-electron chi connectivity index (χ4n) is 3.53. The normalized spacial score (nSPS) is 31.2. The Bertz CT molecular complexity index is 522. The number of amides is 2. The third-order valence-electron chi connectivity index (χ3n) is 4.95. The van der Waals surface area contributed by atoms with Gasteiger partial charge in [-0.3, -0.25) is 4.90 Å². The lowest BCUT2D eigenvalue weighted by molar-refractivity contribution is 0.114. The minimum absolute atomic E-state index is 0.0641. The highest BCUT2D eigenvalue weighted by molar-refractivity contribution is 5.74. The van der Waals surface area contributed by atoms with E-state index in [0.717, 1.165) is 32.7 Å². The molecule has 1 aromatic carbocycles. The molecule has 2 aliphatic heterocycles. The van der Waals surface area contributed by atoms with E-state index in [4.69, 9.17) is 4.74 Å². The van der Waals surface area contributed by atoms with Crippen molar-refractivity contribution in [2.24, 2.45) is 5.92 Å². The van der Waals surface area contributed by atoms with Gasteiger partial charge in [0.15, 0.2) is 0 Å². The molecule has 23 heavy (non-hydrogen) atoms. The van der Waals surface area contributed by atoms with Gasteiger partial charge in [-0.2, -0.15) is 0 Å². The molecule has 0 spiro atoms. The molecule has 2 amide bonds. The third kappa shape index (κ3) is 4.24. The average molecular weight is 317 g/mol. The van der Waals surface area contributed by atoms with E-state index in [1.807, 2.05) is 13.0 Å². The van der Waals surface area contributed by atoms with Gasteiger partial charge in [0.1, 0.15) is 0 Å². The average Bonchev–Trinajstić information content (AvgIpc) is 3.07. The Hall–Kier alpha value is -1.59. The van der Waals surface area contributed by atoms with E-state index in [1.165, 1.54) is 5.56 Å². The molecule has 5 heteroatoms. The summed E-state index contributed by atoms with van der Waals surface area (Å²) in [5.41, 5.74) is 1.32. The summed E-state index contributed by atoms with van der Waals surface area (Å²) in [6.07, 6.45) is 1.01. The van der Waals surface area contributed by atoms with Gasteiger partial charge < -0.3 is 15.4 Å². The summed E-state index contributed by atoms with van der Waals surface area (Å²) in [7, 11) is 0. The molecule has 0 aromatic heterocycles. The Labute approximate surface area is 138 Å². The van der Waals surface area contributed by atoms with Gasteiger partial charge in [-0.1, -0.05) is 37.3 Å². The van der Waals surface area contributed by atoms with Gasteiger partial charge >= 0.3 is 6.03 Å². The van der Waals surface area contributed by atoms with Crippen molar-refractivity contribution < 1.29 is 9.53 Å². The molecular weight excluding hydrogens is 290 g/mol. The number of carbonyl (C=O) groups excluding carboxylic acids is 1. The van der Waals surface area contributed by atoms with Crippen molar-refractivity contribution in [3.8, 4) is 0 Å². The van der Waals surface area contributed by atoms with Crippen LogP contribution in [0.5, 0.6) is 0 Å². The molecule has 3 rings (SSSR count). The van der Waals surface area contributed by atoms with Crippen molar-refractivity contribution >= 4 is 6.03 Å². The first-order valence-electron chi connectivity index (χ1n) is 8.56. The van der Waals surface area contributed by atoms with Crippen LogP contribution in [-0.4, -0.2) is 48.8 Å². The van der Waals surface area contributed by atoms with Crippen LogP contribution in [0.15, 0.2) is 30.3 Å². The second kappa shape index (κ2) is 7.32. The Balaban J connectivity index is 1.47. The van der Waals surface area contributed by atoms with Crippen molar-refractivity contribution in [3.05, 3.63) is 35.9 Å². The van der Waals surface area contributed by atoms with Crippen LogP contribution in [0, 0.1) is 5.92 Å². The van der Waals surface area contributed by atoms with Gasteiger partial charge in [-0.15, -0.1) is 0 Å². The maximum absolute atomic E-state index is 12.2. The van der Waals surface area contributed by atoms with Crippen molar-refractivity contribution in [3.63, 3.8) is 0 Å². The Kier molecular flexibility index (Phi) is 5.18. The highest BCUT2D eigenvalue weighted by Crippen LogP contribution is 2.19. The molecule has 2 aliphatic rings. The quantitative estimate of drug-likeness (QED) is 0.893. The van der Waals surface area contributed by atoms with E-state index < -0.39 is 0 Å². The maximum Gasteiger partial charge on any atom is 0.315 e. The molecule has 0 bridgehead atoms.